The minimum absolute atomic E-state index is 0.0293. The van der Waals surface area contributed by atoms with Gasteiger partial charge in [-0.1, -0.05) is 41.9 Å². The molecule has 2 heterocycles. The topological polar surface area (TPSA) is 83.0 Å². The monoisotopic (exact) mass is 494 g/mol. The molecule has 0 N–H and O–H groups in total. The number of hydrogen-bond donors (Lipinski definition) is 0. The molecular weight excluding hydrogens is 464 g/mol. The van der Waals surface area contributed by atoms with E-state index in [0.717, 1.165) is 33.2 Å². The number of nitrogens with zero attached hydrogens (tertiary/aromatic N) is 4. The number of hydrogen-bond acceptors (Lipinski definition) is 6. The Morgan fingerprint density at radius 1 is 1.14 bits per heavy atom. The van der Waals surface area contributed by atoms with Crippen molar-refractivity contribution in [1.29, 1.82) is 0 Å². The van der Waals surface area contributed by atoms with Crippen LogP contribution in [0.2, 0.25) is 5.15 Å². The van der Waals surface area contributed by atoms with E-state index < -0.39 is 5.60 Å². The lowest BCUT2D eigenvalue weighted by molar-refractivity contribution is -0.155. The molecule has 0 bridgehead atoms. The van der Waals surface area contributed by atoms with E-state index in [0.29, 0.717) is 23.3 Å². The zero-order valence-corrected chi connectivity index (χ0v) is 22.0. The Bertz CT molecular complexity index is 1380. The second-order valence-corrected chi connectivity index (χ2v) is 10.6. The number of benzene rings is 2. The van der Waals surface area contributed by atoms with Gasteiger partial charge in [-0.2, -0.15) is 10.1 Å². The second kappa shape index (κ2) is 9.46. The molecule has 0 amide bonds. The van der Waals surface area contributed by atoms with Gasteiger partial charge in [-0.15, -0.1) is 0 Å². The fourth-order valence-electron chi connectivity index (χ4n) is 4.08. The number of ether oxygens (including phenoxy) is 1. The van der Waals surface area contributed by atoms with Gasteiger partial charge in [0.05, 0.1) is 11.9 Å². The number of carbonyl (C=O) groups excluding carboxylic acids is 1. The number of aromatic nitrogens is 4. The van der Waals surface area contributed by atoms with Gasteiger partial charge >= 0.3 is 5.97 Å². The average Bonchev–Trinajstić information content (AvgIpc) is 3.37. The van der Waals surface area contributed by atoms with Crippen LogP contribution in [0.4, 0.5) is 0 Å². The van der Waals surface area contributed by atoms with Gasteiger partial charge in [0.1, 0.15) is 5.60 Å². The first-order chi connectivity index (χ1) is 16.4. The summed E-state index contributed by atoms with van der Waals surface area (Å²) in [4.78, 5) is 16.9. The van der Waals surface area contributed by atoms with Crippen LogP contribution in [0.25, 0.3) is 33.7 Å². The van der Waals surface area contributed by atoms with Gasteiger partial charge in [0.2, 0.25) is 5.82 Å². The van der Waals surface area contributed by atoms with Crippen molar-refractivity contribution in [2.75, 3.05) is 0 Å². The van der Waals surface area contributed by atoms with Crippen LogP contribution in [0.1, 0.15) is 71.0 Å². The quantitative estimate of drug-likeness (QED) is 0.265. The predicted molar refractivity (Wildman–Crippen MR) is 137 cm³/mol. The molecule has 8 heteroatoms. The first-order valence-corrected chi connectivity index (χ1v) is 12.2. The number of halogens is 1. The fourth-order valence-corrected chi connectivity index (χ4v) is 4.31. The van der Waals surface area contributed by atoms with Crippen molar-refractivity contribution in [2.45, 2.75) is 72.4 Å². The van der Waals surface area contributed by atoms with E-state index >= 15 is 0 Å². The fraction of sp³-hybridized carbons (Fsp3) is 0.407. The molecule has 0 spiro atoms. The standard InChI is InChI=1S/C27H31ClN4O3/c1-15(2)32-22-11-9-19(14-21(22)24(28)30-32)26-29-25(31-35-26)20-10-8-18(12-17(20)4)16(3)13-23(33)34-27(5,6)7/h8-12,14-16H,13H2,1-7H3. The molecule has 184 valence electrons. The minimum atomic E-state index is -0.488. The molecule has 7 nitrogen and oxygen atoms in total. The molecule has 35 heavy (non-hydrogen) atoms. The molecule has 1 unspecified atom stereocenters. The maximum absolute atomic E-state index is 12.2. The van der Waals surface area contributed by atoms with Gasteiger partial charge < -0.3 is 9.26 Å². The van der Waals surface area contributed by atoms with Crippen LogP contribution in [0, 0.1) is 6.92 Å². The van der Waals surface area contributed by atoms with Crippen LogP contribution in [0.15, 0.2) is 40.9 Å². The molecule has 0 fully saturated rings. The van der Waals surface area contributed by atoms with Crippen LogP contribution in [0.3, 0.4) is 0 Å². The number of carbonyl (C=O) groups is 1. The van der Waals surface area contributed by atoms with Crippen molar-refractivity contribution in [3.63, 3.8) is 0 Å². The van der Waals surface area contributed by atoms with Crippen molar-refractivity contribution >= 4 is 28.5 Å². The van der Waals surface area contributed by atoms with E-state index in [9.17, 15) is 4.79 Å². The largest absolute Gasteiger partial charge is 0.460 e. The van der Waals surface area contributed by atoms with Crippen molar-refractivity contribution in [3.05, 3.63) is 52.7 Å². The van der Waals surface area contributed by atoms with Gasteiger partial charge in [-0.3, -0.25) is 9.48 Å². The highest BCUT2D eigenvalue weighted by Gasteiger charge is 2.21. The third-order valence-corrected chi connectivity index (χ3v) is 6.06. The molecular formula is C27H31ClN4O3. The lowest BCUT2D eigenvalue weighted by Crippen LogP contribution is -2.24. The Morgan fingerprint density at radius 3 is 2.54 bits per heavy atom. The maximum atomic E-state index is 12.2. The highest BCUT2D eigenvalue weighted by molar-refractivity contribution is 6.34. The Kier molecular flexibility index (Phi) is 6.73. The normalized spacial score (nSPS) is 12.9. The predicted octanol–water partition coefficient (Wildman–Crippen LogP) is 7.13. The van der Waals surface area contributed by atoms with Gasteiger partial charge in [0, 0.05) is 22.6 Å². The van der Waals surface area contributed by atoms with Crippen LogP contribution < -0.4 is 0 Å². The third kappa shape index (κ3) is 5.40. The van der Waals surface area contributed by atoms with E-state index in [1.54, 1.807) is 0 Å². The average molecular weight is 495 g/mol. The summed E-state index contributed by atoms with van der Waals surface area (Å²) in [6.45, 7) is 13.8. The summed E-state index contributed by atoms with van der Waals surface area (Å²) in [5.41, 5.74) is 4.19. The van der Waals surface area contributed by atoms with E-state index in [-0.39, 0.29) is 17.9 Å². The highest BCUT2D eigenvalue weighted by Crippen LogP contribution is 2.32. The molecule has 4 rings (SSSR count). The van der Waals surface area contributed by atoms with Crippen molar-refractivity contribution < 1.29 is 14.1 Å². The third-order valence-electron chi connectivity index (χ3n) is 5.78. The first kappa shape index (κ1) is 24.9. The van der Waals surface area contributed by atoms with Crippen LogP contribution >= 0.6 is 11.6 Å². The molecule has 0 aliphatic rings. The number of fused-ring (bicyclic) bond motifs is 1. The first-order valence-electron chi connectivity index (χ1n) is 11.8. The Hall–Kier alpha value is -3.19. The van der Waals surface area contributed by atoms with Crippen molar-refractivity contribution in [2.24, 2.45) is 0 Å². The molecule has 0 saturated heterocycles. The summed E-state index contributed by atoms with van der Waals surface area (Å²) >= 11 is 6.38. The summed E-state index contributed by atoms with van der Waals surface area (Å²) in [7, 11) is 0. The summed E-state index contributed by atoms with van der Waals surface area (Å²) in [6, 6.07) is 12.1. The van der Waals surface area contributed by atoms with Crippen LogP contribution in [0.5, 0.6) is 0 Å². The zero-order valence-electron chi connectivity index (χ0n) is 21.2. The van der Waals surface area contributed by atoms with E-state index in [2.05, 4.69) is 35.2 Å². The van der Waals surface area contributed by atoms with Gasteiger partial charge in [0.15, 0.2) is 5.15 Å². The van der Waals surface area contributed by atoms with Gasteiger partial charge in [-0.25, -0.2) is 0 Å². The molecule has 0 saturated carbocycles. The molecule has 0 radical (unpaired) electrons. The molecule has 4 aromatic rings. The van der Waals surface area contributed by atoms with Gasteiger partial charge in [0.25, 0.3) is 5.89 Å². The molecule has 2 aromatic heterocycles. The van der Waals surface area contributed by atoms with Crippen LogP contribution in [-0.2, 0) is 9.53 Å². The molecule has 0 aliphatic carbocycles. The van der Waals surface area contributed by atoms with Crippen molar-refractivity contribution in [1.82, 2.24) is 19.9 Å². The summed E-state index contributed by atoms with van der Waals surface area (Å²) in [5.74, 6) is 0.747. The summed E-state index contributed by atoms with van der Waals surface area (Å²) < 4.78 is 12.9. The van der Waals surface area contributed by atoms with E-state index in [4.69, 9.17) is 20.9 Å². The number of rotatable bonds is 6. The Balaban J connectivity index is 1.56. The zero-order chi connectivity index (χ0) is 25.5. The summed E-state index contributed by atoms with van der Waals surface area (Å²) in [6.07, 6.45) is 0.320. The molecule has 1 atom stereocenters. The number of esters is 1. The van der Waals surface area contributed by atoms with Crippen molar-refractivity contribution in [3.8, 4) is 22.8 Å². The Morgan fingerprint density at radius 2 is 1.89 bits per heavy atom. The highest BCUT2D eigenvalue weighted by atomic mass is 35.5. The smallest absolute Gasteiger partial charge is 0.306 e. The lowest BCUT2D eigenvalue weighted by atomic mass is 9.94. The molecule has 2 aromatic carbocycles. The molecule has 0 aliphatic heterocycles. The lowest BCUT2D eigenvalue weighted by Gasteiger charge is -2.21. The Labute approximate surface area is 210 Å². The van der Waals surface area contributed by atoms with Gasteiger partial charge in [-0.05, 0) is 76.8 Å². The maximum Gasteiger partial charge on any atom is 0.306 e. The number of aryl methyl sites for hydroxylation is 1. The van der Waals surface area contributed by atoms with Crippen LogP contribution in [-0.4, -0.2) is 31.5 Å². The second-order valence-electron chi connectivity index (χ2n) is 10.3. The SMILES string of the molecule is Cc1cc(C(C)CC(=O)OC(C)(C)C)ccc1-c1noc(-c2ccc3c(c2)c(Cl)nn3C(C)C)n1. The van der Waals surface area contributed by atoms with E-state index in [1.165, 1.54) is 0 Å². The minimum Gasteiger partial charge on any atom is -0.460 e. The summed E-state index contributed by atoms with van der Waals surface area (Å²) in [5, 5.41) is 9.93. The van der Waals surface area contributed by atoms with E-state index in [1.807, 2.05) is 69.6 Å².